The molecule has 0 saturated heterocycles. The summed E-state index contributed by atoms with van der Waals surface area (Å²) in [5, 5.41) is 2.74. The van der Waals surface area contributed by atoms with Crippen LogP contribution in [0.2, 0.25) is 5.15 Å². The molecule has 1 aromatic heterocycles. The van der Waals surface area contributed by atoms with Gasteiger partial charge in [-0.1, -0.05) is 0 Å². The average Bonchev–Trinajstić information content (AvgIpc) is 2.12. The molecular formula is C4H5ClFNO3S2. The van der Waals surface area contributed by atoms with Crippen LogP contribution in [0.15, 0.2) is 11.4 Å². The van der Waals surface area contributed by atoms with Crippen LogP contribution < -0.4 is 3.96 Å². The molecule has 0 aromatic carbocycles. The van der Waals surface area contributed by atoms with Gasteiger partial charge in [-0.2, -0.15) is 0 Å². The van der Waals surface area contributed by atoms with E-state index in [1.807, 2.05) is 22.5 Å². The van der Waals surface area contributed by atoms with Gasteiger partial charge in [0.2, 0.25) is 0 Å². The quantitative estimate of drug-likeness (QED) is 0.375. The standard InChI is InChI=1S/C4H5ClNS.FHO3S/c1-6-4(5)2-3-7-6;1-5(2,3)4/h2-3H,1H3;(H,2,3,4)/q+1;/p-1. The van der Waals surface area contributed by atoms with Crippen LogP contribution in [0.1, 0.15) is 0 Å². The predicted octanol–water partition coefficient (Wildman–Crippen LogP) is 0.642. The van der Waals surface area contributed by atoms with E-state index in [1.54, 1.807) is 11.5 Å². The highest BCUT2D eigenvalue weighted by atomic mass is 35.5. The molecule has 70 valence electrons. The molecule has 0 saturated carbocycles. The average molecular weight is 234 g/mol. The van der Waals surface area contributed by atoms with Gasteiger partial charge in [0, 0.05) is 6.07 Å². The van der Waals surface area contributed by atoms with Crippen LogP contribution in [-0.2, 0) is 17.6 Å². The second-order valence-corrected chi connectivity index (χ2v) is 3.83. The first-order chi connectivity index (χ1) is 5.30. The fraction of sp³-hybridized carbons (Fsp3) is 0.250. The maximum atomic E-state index is 10.1. The SMILES string of the molecule is C[n+]1sccc1Cl.O=S(=O)([O-])F. The highest BCUT2D eigenvalue weighted by Gasteiger charge is 1.99. The molecular weight excluding hydrogens is 229 g/mol. The lowest BCUT2D eigenvalue weighted by Crippen LogP contribution is -2.21. The molecule has 0 aliphatic heterocycles. The molecule has 0 N–H and O–H groups in total. The molecule has 1 heterocycles. The van der Waals surface area contributed by atoms with Crippen molar-refractivity contribution in [2.45, 2.75) is 0 Å². The zero-order chi connectivity index (χ0) is 9.78. The number of aryl methyl sites for hydroxylation is 1. The molecule has 0 unspecified atom stereocenters. The maximum Gasteiger partial charge on any atom is 0.288 e. The monoisotopic (exact) mass is 233 g/mol. The molecule has 0 radical (unpaired) electrons. The third-order valence-corrected chi connectivity index (χ3v) is 1.98. The molecule has 4 nitrogen and oxygen atoms in total. The van der Waals surface area contributed by atoms with E-state index in [4.69, 9.17) is 24.6 Å². The third kappa shape index (κ3) is 7.86. The molecule has 8 heteroatoms. The van der Waals surface area contributed by atoms with Crippen LogP contribution >= 0.6 is 23.1 Å². The van der Waals surface area contributed by atoms with Crippen molar-refractivity contribution in [3.63, 3.8) is 0 Å². The van der Waals surface area contributed by atoms with Gasteiger partial charge >= 0.3 is 0 Å². The van der Waals surface area contributed by atoms with Gasteiger partial charge < -0.3 is 4.55 Å². The highest BCUT2D eigenvalue weighted by Crippen LogP contribution is 2.01. The molecule has 12 heavy (non-hydrogen) atoms. The number of hydrogen-bond donors (Lipinski definition) is 0. The fourth-order valence-electron chi connectivity index (χ4n) is 0.333. The van der Waals surface area contributed by atoms with Crippen molar-refractivity contribution < 1.29 is 20.8 Å². The van der Waals surface area contributed by atoms with Gasteiger partial charge in [0.25, 0.3) is 15.7 Å². The smallest absolute Gasteiger partial charge is 0.288 e. The van der Waals surface area contributed by atoms with Crippen LogP contribution in [0.3, 0.4) is 0 Å². The summed E-state index contributed by atoms with van der Waals surface area (Å²) in [5.41, 5.74) is 0. The third-order valence-electron chi connectivity index (χ3n) is 0.725. The Morgan fingerprint density at radius 2 is 2.17 bits per heavy atom. The Labute approximate surface area is 78.4 Å². The van der Waals surface area contributed by atoms with Crippen molar-refractivity contribution in [2.75, 3.05) is 0 Å². The van der Waals surface area contributed by atoms with Crippen molar-refractivity contribution in [2.24, 2.45) is 7.05 Å². The minimum Gasteiger partial charge on any atom is -0.722 e. The second-order valence-electron chi connectivity index (χ2n) is 1.62. The van der Waals surface area contributed by atoms with Gasteiger partial charge in [-0.05, 0) is 11.6 Å². The Hall–Kier alpha value is -0.240. The summed E-state index contributed by atoms with van der Waals surface area (Å²) in [5.74, 6) is 0. The molecule has 0 fully saturated rings. The van der Waals surface area contributed by atoms with Gasteiger partial charge in [-0.15, -0.1) is 7.84 Å². The summed E-state index contributed by atoms with van der Waals surface area (Å²) >= 11 is 7.19. The van der Waals surface area contributed by atoms with Crippen LogP contribution in [-0.4, -0.2) is 13.0 Å². The predicted molar refractivity (Wildman–Crippen MR) is 41.3 cm³/mol. The summed E-state index contributed by atoms with van der Waals surface area (Å²) in [6.07, 6.45) is 0. The first-order valence-electron chi connectivity index (χ1n) is 2.55. The highest BCUT2D eigenvalue weighted by molar-refractivity contribution is 7.80. The van der Waals surface area contributed by atoms with E-state index in [1.165, 1.54) is 0 Å². The van der Waals surface area contributed by atoms with Crippen LogP contribution in [0, 0.1) is 0 Å². The first kappa shape index (κ1) is 11.8. The number of halogens is 2. The Morgan fingerprint density at radius 3 is 2.25 bits per heavy atom. The molecule has 1 rings (SSSR count). The van der Waals surface area contributed by atoms with E-state index >= 15 is 0 Å². The topological polar surface area (TPSA) is 61.1 Å². The van der Waals surface area contributed by atoms with Crippen LogP contribution in [0.4, 0.5) is 3.89 Å². The lowest BCUT2D eigenvalue weighted by molar-refractivity contribution is -0.598. The maximum absolute atomic E-state index is 10.1. The lowest BCUT2D eigenvalue weighted by Gasteiger charge is -1.84. The Bertz CT molecular complexity index is 311. The van der Waals surface area contributed by atoms with Gasteiger partial charge in [0.1, 0.15) is 11.5 Å². The Balaban J connectivity index is 0.000000217. The van der Waals surface area contributed by atoms with Crippen LogP contribution in [0.5, 0.6) is 0 Å². The molecule has 0 atom stereocenters. The van der Waals surface area contributed by atoms with Gasteiger partial charge in [0.05, 0.1) is 5.38 Å². The lowest BCUT2D eigenvalue weighted by atomic mass is 10.8. The summed E-state index contributed by atoms with van der Waals surface area (Å²) in [7, 11) is -3.49. The molecule has 0 spiro atoms. The van der Waals surface area contributed by atoms with Crippen molar-refractivity contribution in [3.05, 3.63) is 16.6 Å². The summed E-state index contributed by atoms with van der Waals surface area (Å²) < 4.78 is 37.2. The van der Waals surface area contributed by atoms with Crippen molar-refractivity contribution in [1.29, 1.82) is 0 Å². The number of hydrogen-bond acceptors (Lipinski definition) is 4. The van der Waals surface area contributed by atoms with Gasteiger partial charge in [-0.3, -0.25) is 0 Å². The zero-order valence-electron chi connectivity index (χ0n) is 5.90. The molecule has 0 bridgehead atoms. The summed E-state index contributed by atoms with van der Waals surface area (Å²) in [4.78, 5) is 0. The van der Waals surface area contributed by atoms with Crippen molar-refractivity contribution in [1.82, 2.24) is 0 Å². The Kier molecular flexibility index (Phi) is 4.61. The van der Waals surface area contributed by atoms with Crippen LogP contribution in [0.25, 0.3) is 0 Å². The zero-order valence-corrected chi connectivity index (χ0v) is 8.29. The van der Waals surface area contributed by atoms with Crippen molar-refractivity contribution in [3.8, 4) is 0 Å². The van der Waals surface area contributed by atoms with E-state index in [0.717, 1.165) is 5.15 Å². The summed E-state index contributed by atoms with van der Waals surface area (Å²) in [6.45, 7) is 0. The summed E-state index contributed by atoms with van der Waals surface area (Å²) in [6, 6.07) is 1.87. The van der Waals surface area contributed by atoms with E-state index in [9.17, 15) is 3.89 Å². The van der Waals surface area contributed by atoms with E-state index in [0.29, 0.717) is 0 Å². The minimum absolute atomic E-state index is 0.796. The fourth-order valence-corrected chi connectivity index (χ4v) is 1.12. The van der Waals surface area contributed by atoms with Crippen molar-refractivity contribution >= 4 is 33.6 Å². The number of aromatic nitrogens is 1. The first-order valence-corrected chi connectivity index (χ1v) is 5.08. The largest absolute Gasteiger partial charge is 0.722 e. The number of nitrogens with zero attached hydrogens (tertiary/aromatic N) is 1. The van der Waals surface area contributed by atoms with Gasteiger partial charge in [0.15, 0.2) is 7.05 Å². The van der Waals surface area contributed by atoms with E-state index in [2.05, 4.69) is 0 Å². The molecule has 1 aromatic rings. The normalized spacial score (nSPS) is 10.3. The second kappa shape index (κ2) is 4.70. The molecule has 0 aliphatic rings. The Morgan fingerprint density at radius 1 is 1.75 bits per heavy atom. The minimum atomic E-state index is -5.42. The van der Waals surface area contributed by atoms with E-state index < -0.39 is 10.5 Å². The molecule has 0 aliphatic carbocycles. The molecule has 0 amide bonds. The number of rotatable bonds is 0. The van der Waals surface area contributed by atoms with Gasteiger partial charge in [-0.25, -0.2) is 8.42 Å². The van der Waals surface area contributed by atoms with E-state index in [-0.39, 0.29) is 0 Å².